The minimum atomic E-state index is -0.388. The third-order valence-electron chi connectivity index (χ3n) is 2.52. The van der Waals surface area contributed by atoms with Gasteiger partial charge in [-0.3, -0.25) is 4.98 Å². The van der Waals surface area contributed by atoms with E-state index >= 15 is 0 Å². The molecule has 0 spiro atoms. The molecule has 1 aromatic heterocycles. The van der Waals surface area contributed by atoms with Gasteiger partial charge in [-0.25, -0.2) is 4.79 Å². The number of rotatable bonds is 3. The Hall–Kier alpha value is -2.13. The number of ether oxygens (including phenoxy) is 1. The van der Waals surface area contributed by atoms with Crippen LogP contribution in [0.3, 0.4) is 0 Å². The van der Waals surface area contributed by atoms with Gasteiger partial charge in [0.2, 0.25) is 0 Å². The molecule has 3 nitrogen and oxygen atoms in total. The van der Waals surface area contributed by atoms with E-state index in [1.54, 1.807) is 12.1 Å². The maximum atomic E-state index is 11.2. The first-order valence-electron chi connectivity index (χ1n) is 5.67. The van der Waals surface area contributed by atoms with Crippen molar-refractivity contribution < 1.29 is 9.53 Å². The fraction of sp³-hybridized carbons (Fsp3) is 0.0667. The molecule has 0 aliphatic heterocycles. The van der Waals surface area contributed by atoms with E-state index < -0.39 is 0 Å². The lowest BCUT2D eigenvalue weighted by atomic mass is 10.2. The Bertz CT molecular complexity index is 589. The monoisotopic (exact) mass is 273 g/mol. The minimum Gasteiger partial charge on any atom is -0.465 e. The molecule has 0 atom stereocenters. The van der Waals surface area contributed by atoms with Crippen molar-refractivity contribution in [2.75, 3.05) is 7.11 Å². The Morgan fingerprint density at radius 1 is 1.16 bits per heavy atom. The molecule has 0 unspecified atom stereocenters. The lowest BCUT2D eigenvalue weighted by Gasteiger charge is -1.99. The molecule has 0 saturated carbocycles. The van der Waals surface area contributed by atoms with Gasteiger partial charge in [0.1, 0.15) is 0 Å². The molecular formula is C15H12ClNO2. The predicted octanol–water partition coefficient (Wildman–Crippen LogP) is 3.69. The second-order valence-corrected chi connectivity index (χ2v) is 4.28. The smallest absolute Gasteiger partial charge is 0.339 e. The lowest BCUT2D eigenvalue weighted by molar-refractivity contribution is 0.0600. The fourth-order valence-corrected chi connectivity index (χ4v) is 1.62. The third-order valence-corrected chi connectivity index (χ3v) is 2.78. The largest absolute Gasteiger partial charge is 0.465 e. The lowest BCUT2D eigenvalue weighted by Crippen LogP contribution is -2.01. The number of pyridine rings is 1. The third kappa shape index (κ3) is 3.66. The van der Waals surface area contributed by atoms with Gasteiger partial charge in [-0.05, 0) is 35.9 Å². The number of carbonyl (C=O) groups is 1. The molecule has 2 aromatic rings. The highest BCUT2D eigenvalue weighted by molar-refractivity contribution is 6.30. The first kappa shape index (κ1) is 13.3. The van der Waals surface area contributed by atoms with Gasteiger partial charge in [-0.2, -0.15) is 0 Å². The van der Waals surface area contributed by atoms with Gasteiger partial charge in [0.25, 0.3) is 0 Å². The molecule has 96 valence electrons. The molecule has 2 rings (SSSR count). The summed E-state index contributed by atoms with van der Waals surface area (Å²) in [6, 6.07) is 10.9. The van der Waals surface area contributed by atoms with Crippen molar-refractivity contribution in [1.82, 2.24) is 4.98 Å². The number of methoxy groups -OCH3 is 1. The van der Waals surface area contributed by atoms with Crippen molar-refractivity contribution in [1.29, 1.82) is 0 Å². The summed E-state index contributed by atoms with van der Waals surface area (Å²) in [7, 11) is 1.34. The standard InChI is InChI=1S/C15H12ClNO2/c1-19-15(18)12-5-9-14(17-10-12)8-4-11-2-6-13(16)7-3-11/h2-10H,1H3. The zero-order valence-electron chi connectivity index (χ0n) is 10.3. The van der Waals surface area contributed by atoms with Crippen LogP contribution in [-0.2, 0) is 4.74 Å². The van der Waals surface area contributed by atoms with E-state index in [9.17, 15) is 4.79 Å². The van der Waals surface area contributed by atoms with Crippen LogP contribution in [0.15, 0.2) is 42.6 Å². The molecule has 0 fully saturated rings. The second kappa shape index (κ2) is 6.16. The number of hydrogen-bond donors (Lipinski definition) is 0. The van der Waals surface area contributed by atoms with Gasteiger partial charge in [0.05, 0.1) is 18.4 Å². The minimum absolute atomic E-state index is 0.388. The number of hydrogen-bond acceptors (Lipinski definition) is 3. The molecule has 0 amide bonds. The van der Waals surface area contributed by atoms with Crippen molar-refractivity contribution in [2.24, 2.45) is 0 Å². The zero-order chi connectivity index (χ0) is 13.7. The van der Waals surface area contributed by atoms with Crippen LogP contribution < -0.4 is 0 Å². The van der Waals surface area contributed by atoms with E-state index in [2.05, 4.69) is 9.72 Å². The summed E-state index contributed by atoms with van der Waals surface area (Å²) < 4.78 is 4.61. The Labute approximate surface area is 116 Å². The van der Waals surface area contributed by atoms with Gasteiger partial charge in [0, 0.05) is 11.2 Å². The van der Waals surface area contributed by atoms with Crippen molar-refractivity contribution in [3.63, 3.8) is 0 Å². The van der Waals surface area contributed by atoms with E-state index in [-0.39, 0.29) is 5.97 Å². The molecule has 4 heteroatoms. The summed E-state index contributed by atoms with van der Waals surface area (Å²) in [5, 5.41) is 0.706. The van der Waals surface area contributed by atoms with Crippen LogP contribution in [0, 0.1) is 0 Å². The Kier molecular flexibility index (Phi) is 4.31. The van der Waals surface area contributed by atoms with E-state index in [4.69, 9.17) is 11.6 Å². The first-order valence-corrected chi connectivity index (χ1v) is 6.05. The number of benzene rings is 1. The molecule has 0 bridgehead atoms. The topological polar surface area (TPSA) is 39.2 Å². The molecule has 0 radical (unpaired) electrons. The van der Waals surface area contributed by atoms with Crippen molar-refractivity contribution in [2.45, 2.75) is 0 Å². The van der Waals surface area contributed by atoms with Crippen molar-refractivity contribution in [3.05, 3.63) is 64.4 Å². The van der Waals surface area contributed by atoms with E-state index in [1.807, 2.05) is 36.4 Å². The number of aromatic nitrogens is 1. The van der Waals surface area contributed by atoms with Crippen LogP contribution in [0.25, 0.3) is 12.2 Å². The number of nitrogens with zero attached hydrogens (tertiary/aromatic N) is 1. The van der Waals surface area contributed by atoms with Gasteiger partial charge in [0.15, 0.2) is 0 Å². The highest BCUT2D eigenvalue weighted by atomic mass is 35.5. The molecule has 0 aliphatic rings. The Balaban J connectivity index is 2.11. The molecule has 0 saturated heterocycles. The van der Waals surface area contributed by atoms with E-state index in [0.29, 0.717) is 10.6 Å². The summed E-state index contributed by atoms with van der Waals surface area (Å²) in [5.74, 6) is -0.388. The van der Waals surface area contributed by atoms with Crippen LogP contribution >= 0.6 is 11.6 Å². The van der Waals surface area contributed by atoms with Crippen LogP contribution in [0.4, 0.5) is 0 Å². The average Bonchev–Trinajstić information content (AvgIpc) is 2.46. The SMILES string of the molecule is COC(=O)c1ccc(C=Cc2ccc(Cl)cc2)nc1. The highest BCUT2D eigenvalue weighted by Crippen LogP contribution is 2.12. The van der Waals surface area contributed by atoms with Crippen LogP contribution in [0.1, 0.15) is 21.6 Å². The van der Waals surface area contributed by atoms with Crippen LogP contribution in [0.5, 0.6) is 0 Å². The van der Waals surface area contributed by atoms with E-state index in [1.165, 1.54) is 13.3 Å². The summed E-state index contributed by atoms with van der Waals surface area (Å²) in [6.45, 7) is 0. The first-order chi connectivity index (χ1) is 9.19. The molecule has 0 N–H and O–H groups in total. The predicted molar refractivity (Wildman–Crippen MR) is 76.0 cm³/mol. The Morgan fingerprint density at radius 2 is 1.89 bits per heavy atom. The maximum Gasteiger partial charge on any atom is 0.339 e. The van der Waals surface area contributed by atoms with Gasteiger partial charge >= 0.3 is 5.97 Å². The summed E-state index contributed by atoms with van der Waals surface area (Å²) >= 11 is 5.81. The van der Waals surface area contributed by atoms with Gasteiger partial charge in [-0.1, -0.05) is 29.8 Å². The van der Waals surface area contributed by atoms with E-state index in [0.717, 1.165) is 11.3 Å². The molecule has 0 aliphatic carbocycles. The zero-order valence-corrected chi connectivity index (χ0v) is 11.1. The number of esters is 1. The van der Waals surface area contributed by atoms with Crippen LogP contribution in [0.2, 0.25) is 5.02 Å². The molecule has 1 aromatic carbocycles. The summed E-state index contributed by atoms with van der Waals surface area (Å²) in [5.41, 5.74) is 2.23. The Morgan fingerprint density at radius 3 is 2.47 bits per heavy atom. The average molecular weight is 274 g/mol. The number of carbonyl (C=O) groups excluding carboxylic acids is 1. The van der Waals surface area contributed by atoms with Crippen molar-refractivity contribution >= 4 is 29.7 Å². The summed E-state index contributed by atoms with van der Waals surface area (Å²) in [6.07, 6.45) is 5.29. The second-order valence-electron chi connectivity index (χ2n) is 3.85. The normalized spacial score (nSPS) is 10.6. The molecule has 1 heterocycles. The quantitative estimate of drug-likeness (QED) is 0.801. The van der Waals surface area contributed by atoms with Crippen molar-refractivity contribution in [3.8, 4) is 0 Å². The maximum absolute atomic E-state index is 11.2. The fourth-order valence-electron chi connectivity index (χ4n) is 1.50. The molecule has 19 heavy (non-hydrogen) atoms. The van der Waals surface area contributed by atoms with Crippen LogP contribution in [-0.4, -0.2) is 18.1 Å². The number of halogens is 1. The van der Waals surface area contributed by atoms with Gasteiger partial charge < -0.3 is 4.74 Å². The molecular weight excluding hydrogens is 262 g/mol. The summed E-state index contributed by atoms with van der Waals surface area (Å²) in [4.78, 5) is 15.4. The van der Waals surface area contributed by atoms with Gasteiger partial charge in [-0.15, -0.1) is 0 Å². The highest BCUT2D eigenvalue weighted by Gasteiger charge is 2.03.